The minimum Gasteiger partial charge on any atom is -0.329 e. The Labute approximate surface area is 405 Å². The first-order valence-corrected chi connectivity index (χ1v) is 22.4. The van der Waals surface area contributed by atoms with Crippen molar-refractivity contribution in [2.24, 2.45) is 0 Å². The Hall–Kier alpha value is -10.4. The van der Waals surface area contributed by atoms with E-state index in [9.17, 15) is 0 Å². The Kier molecular flexibility index (Phi) is 10.9. The predicted molar refractivity (Wildman–Crippen MR) is 283 cm³/mol. The Morgan fingerprint density at radius 2 is 0.843 bits per heavy atom. The Balaban J connectivity index is 0.928. The molecule has 0 unspecified atom stereocenters. The minimum atomic E-state index is 0.388. The van der Waals surface area contributed by atoms with Crippen molar-refractivity contribution in [3.05, 3.63) is 264 Å². The first-order valence-electron chi connectivity index (χ1n) is 22.4. The lowest BCUT2D eigenvalue weighted by Crippen LogP contribution is -2.09. The van der Waals surface area contributed by atoms with E-state index in [1.54, 1.807) is 18.2 Å². The molecule has 0 aliphatic heterocycles. The van der Waals surface area contributed by atoms with E-state index in [0.717, 1.165) is 77.8 Å². The number of benzene rings is 9. The molecule has 0 saturated heterocycles. The summed E-state index contributed by atoms with van der Waals surface area (Å²) in [7, 11) is 0. The van der Waals surface area contributed by atoms with Crippen LogP contribution in [0.4, 0.5) is 39.8 Å². The maximum Gasteiger partial charge on any atom is 0.200 e. The molecule has 2 aromatic heterocycles. The minimum absolute atomic E-state index is 0.388. The van der Waals surface area contributed by atoms with Crippen molar-refractivity contribution in [1.82, 2.24) is 14.5 Å². The fraction of sp³-hybridized carbons (Fsp3) is 0. The molecule has 0 aliphatic rings. The van der Waals surface area contributed by atoms with Gasteiger partial charge in [-0.25, -0.2) is 29.3 Å². The topological polar surface area (TPSA) is 51.4 Å². The van der Waals surface area contributed by atoms with Crippen LogP contribution in [0.3, 0.4) is 0 Å². The fourth-order valence-electron chi connectivity index (χ4n) is 9.12. The summed E-state index contributed by atoms with van der Waals surface area (Å²) in [6.45, 7) is 32.0. The third-order valence-electron chi connectivity index (χ3n) is 12.4. The molecule has 0 fully saturated rings. The van der Waals surface area contributed by atoms with Crippen LogP contribution in [0.15, 0.2) is 218 Å². The van der Waals surface area contributed by atoms with Crippen molar-refractivity contribution < 1.29 is 0 Å². The molecule has 324 valence electrons. The maximum atomic E-state index is 8.46. The van der Waals surface area contributed by atoms with E-state index in [-0.39, 0.29) is 0 Å². The van der Waals surface area contributed by atoms with Gasteiger partial charge in [0, 0.05) is 39.0 Å². The van der Waals surface area contributed by atoms with Crippen molar-refractivity contribution in [2.45, 2.75) is 0 Å². The highest BCUT2D eigenvalue weighted by atomic mass is 15.1. The molecule has 0 bridgehead atoms. The predicted octanol–water partition coefficient (Wildman–Crippen LogP) is 17.6. The maximum absolute atomic E-state index is 8.46. The number of rotatable bonds is 9. The first kappa shape index (κ1) is 42.3. The number of hydrogen-bond acceptors (Lipinski definition) is 3. The molecule has 11 rings (SSSR count). The summed E-state index contributed by atoms with van der Waals surface area (Å²) in [6, 6.07) is 71.9. The number of nitrogens with zero attached hydrogens (tertiary/aromatic N) is 8. The number of fused-ring (bicyclic) bond motifs is 3. The van der Waals surface area contributed by atoms with E-state index >= 15 is 0 Å². The average Bonchev–Trinajstić information content (AvgIpc) is 3.76. The van der Waals surface area contributed by atoms with E-state index in [2.05, 4.69) is 108 Å². The fourth-order valence-corrected chi connectivity index (χ4v) is 9.12. The van der Waals surface area contributed by atoms with Crippen molar-refractivity contribution in [3.63, 3.8) is 0 Å². The number of anilines is 3. The lowest BCUT2D eigenvalue weighted by molar-refractivity contribution is 1.18. The summed E-state index contributed by atoms with van der Waals surface area (Å²) < 4.78 is 2.07. The molecular weight excluding hydrogens is 857 g/mol. The third-order valence-corrected chi connectivity index (χ3v) is 12.4. The van der Waals surface area contributed by atoms with Gasteiger partial charge >= 0.3 is 0 Å². The second-order valence-electron chi connectivity index (χ2n) is 16.6. The highest BCUT2D eigenvalue weighted by Gasteiger charge is 2.22. The molecule has 11 aromatic rings. The van der Waals surface area contributed by atoms with E-state index in [1.807, 2.05) is 121 Å². The summed E-state index contributed by atoms with van der Waals surface area (Å²) in [5, 5.41) is 2.04. The quantitative estimate of drug-likeness (QED) is 0.136. The van der Waals surface area contributed by atoms with Crippen LogP contribution in [0, 0.1) is 26.3 Å². The lowest BCUT2D eigenvalue weighted by atomic mass is 9.98. The van der Waals surface area contributed by atoms with E-state index < -0.39 is 0 Å². The molecule has 0 N–H and O–H groups in total. The number of para-hydroxylation sites is 3. The molecule has 0 radical (unpaired) electrons. The van der Waals surface area contributed by atoms with Crippen molar-refractivity contribution in [3.8, 4) is 61.8 Å². The smallest absolute Gasteiger partial charge is 0.200 e. The van der Waals surface area contributed by atoms with Gasteiger partial charge in [-0.2, -0.15) is 0 Å². The van der Waals surface area contributed by atoms with Crippen LogP contribution in [0.2, 0.25) is 0 Å². The molecule has 8 heteroatoms. The molecule has 8 nitrogen and oxygen atoms in total. The van der Waals surface area contributed by atoms with Crippen LogP contribution in [0.1, 0.15) is 0 Å². The van der Waals surface area contributed by atoms with Crippen LogP contribution in [0.25, 0.3) is 103 Å². The van der Waals surface area contributed by atoms with E-state index in [4.69, 9.17) is 36.3 Å². The van der Waals surface area contributed by atoms with Gasteiger partial charge in [-0.05, 0) is 107 Å². The molecule has 9 aromatic carbocycles. The normalized spacial score (nSPS) is 10.8. The van der Waals surface area contributed by atoms with Gasteiger partial charge in [0.05, 0.1) is 54.4 Å². The highest BCUT2D eigenvalue weighted by molar-refractivity contribution is 6.12. The summed E-state index contributed by atoms with van der Waals surface area (Å²) in [4.78, 5) is 27.4. The van der Waals surface area contributed by atoms with Gasteiger partial charge in [0.25, 0.3) is 0 Å². The van der Waals surface area contributed by atoms with Gasteiger partial charge in [0.1, 0.15) is 0 Å². The zero-order valence-corrected chi connectivity index (χ0v) is 37.4. The second-order valence-corrected chi connectivity index (χ2v) is 16.6. The summed E-state index contributed by atoms with van der Waals surface area (Å²) in [5.41, 5.74) is 14.7. The SMILES string of the molecule is [C-]#[N+]c1cccc(-c2cc(-c3ccc(-c4ccc(-c5cc([N+]#[C-])c(-n6c7ccccc7c7cc(N(c8ccccc8)c8ccccc8)ccc76)c([N+]#[C-])c5)cc4)cc3)nc(-c3cccc([N+]#[C-])c3)n2)c1. The van der Waals surface area contributed by atoms with Gasteiger partial charge in [-0.3, -0.25) is 0 Å². The standard InChI is InChI=1S/C62H36N8/c1-63-48-17-13-15-45(35-48)56-40-55(67-62(68-56)46-16-14-18-49(36-46)64-2)44-31-29-42(30-32-44)41-25-27-43(28-26-41)47-37-57(65-3)61(58(38-47)66-4)70-59-24-12-11-23-53(59)54-39-52(33-34-60(54)70)69(50-19-7-5-8-20-50)51-21-9-6-10-22-51/h5-40H. The Morgan fingerprint density at radius 1 is 0.343 bits per heavy atom. The Bertz CT molecular complexity index is 3830. The third kappa shape index (κ3) is 7.83. The van der Waals surface area contributed by atoms with Crippen molar-refractivity contribution in [2.75, 3.05) is 4.90 Å². The van der Waals surface area contributed by atoms with Crippen LogP contribution in [-0.2, 0) is 0 Å². The number of hydrogen-bond donors (Lipinski definition) is 0. The van der Waals surface area contributed by atoms with Crippen molar-refractivity contribution >= 4 is 61.6 Å². The summed E-state index contributed by atoms with van der Waals surface area (Å²) in [5.74, 6) is 0.487. The van der Waals surface area contributed by atoms with Gasteiger partial charge in [0.2, 0.25) is 11.4 Å². The monoisotopic (exact) mass is 892 g/mol. The molecular formula is C62H36N8. The molecule has 0 aliphatic carbocycles. The summed E-state index contributed by atoms with van der Waals surface area (Å²) in [6.07, 6.45) is 0. The van der Waals surface area contributed by atoms with Crippen LogP contribution in [0.5, 0.6) is 0 Å². The molecule has 2 heterocycles. The second kappa shape index (κ2) is 18.1. The van der Waals surface area contributed by atoms with Crippen LogP contribution in [-0.4, -0.2) is 14.5 Å². The number of aromatic nitrogens is 3. The highest BCUT2D eigenvalue weighted by Crippen LogP contribution is 2.45. The van der Waals surface area contributed by atoms with Crippen LogP contribution < -0.4 is 4.90 Å². The largest absolute Gasteiger partial charge is 0.329 e. The van der Waals surface area contributed by atoms with Gasteiger partial charge in [-0.15, -0.1) is 0 Å². The molecule has 0 amide bonds. The van der Waals surface area contributed by atoms with E-state index in [0.29, 0.717) is 45.6 Å². The molecule has 0 spiro atoms. The first-order chi connectivity index (χ1) is 34.5. The molecule has 70 heavy (non-hydrogen) atoms. The van der Waals surface area contributed by atoms with Gasteiger partial charge < -0.3 is 9.47 Å². The van der Waals surface area contributed by atoms with Gasteiger partial charge in [0.15, 0.2) is 17.2 Å². The van der Waals surface area contributed by atoms with Gasteiger partial charge in [-0.1, -0.05) is 140 Å². The molecule has 0 saturated carbocycles. The molecule has 0 atom stereocenters. The Morgan fingerprint density at radius 3 is 1.43 bits per heavy atom. The zero-order valence-electron chi connectivity index (χ0n) is 37.4. The lowest BCUT2D eigenvalue weighted by Gasteiger charge is -2.25. The average molecular weight is 893 g/mol. The zero-order chi connectivity index (χ0) is 47.6. The van der Waals surface area contributed by atoms with Crippen molar-refractivity contribution in [1.29, 1.82) is 0 Å². The van der Waals surface area contributed by atoms with E-state index in [1.165, 1.54) is 0 Å². The van der Waals surface area contributed by atoms with Crippen LogP contribution >= 0.6 is 0 Å². The summed E-state index contributed by atoms with van der Waals surface area (Å²) >= 11 is 0.